The SMILES string of the molecule is CC(C)CCC1CCNCC1C(N)=O. The quantitative estimate of drug-likeness (QED) is 0.711. The fraction of sp³-hybridized carbons (Fsp3) is 0.909. The summed E-state index contributed by atoms with van der Waals surface area (Å²) in [5.74, 6) is 1.16. The van der Waals surface area contributed by atoms with E-state index in [-0.39, 0.29) is 11.8 Å². The lowest BCUT2D eigenvalue weighted by Crippen LogP contribution is -2.43. The highest BCUT2D eigenvalue weighted by Gasteiger charge is 2.28. The molecule has 14 heavy (non-hydrogen) atoms. The molecule has 0 aromatic carbocycles. The summed E-state index contributed by atoms with van der Waals surface area (Å²) in [7, 11) is 0. The number of nitrogens with two attached hydrogens (primary N) is 1. The first kappa shape index (κ1) is 11.5. The average Bonchev–Trinajstić information content (AvgIpc) is 2.15. The largest absolute Gasteiger partial charge is 0.369 e. The van der Waals surface area contributed by atoms with Gasteiger partial charge < -0.3 is 11.1 Å². The Kier molecular flexibility index (Phi) is 4.39. The molecule has 0 radical (unpaired) electrons. The Morgan fingerprint density at radius 1 is 1.57 bits per heavy atom. The van der Waals surface area contributed by atoms with Crippen LogP contribution in [0.5, 0.6) is 0 Å². The minimum absolute atomic E-state index is 0.0579. The minimum atomic E-state index is -0.133. The topological polar surface area (TPSA) is 55.1 Å². The highest BCUT2D eigenvalue weighted by Crippen LogP contribution is 2.25. The summed E-state index contributed by atoms with van der Waals surface area (Å²) in [6.07, 6.45) is 3.45. The third-order valence-electron chi connectivity index (χ3n) is 3.11. The Balaban J connectivity index is 2.42. The van der Waals surface area contributed by atoms with Gasteiger partial charge in [-0.05, 0) is 31.2 Å². The second kappa shape index (κ2) is 5.35. The number of carbonyl (C=O) groups excluding carboxylic acids is 1. The molecule has 1 aliphatic heterocycles. The van der Waals surface area contributed by atoms with Gasteiger partial charge in [-0.15, -0.1) is 0 Å². The van der Waals surface area contributed by atoms with Gasteiger partial charge in [0.25, 0.3) is 0 Å². The first-order valence-corrected chi connectivity index (χ1v) is 5.61. The number of carbonyl (C=O) groups is 1. The van der Waals surface area contributed by atoms with Crippen molar-refractivity contribution in [2.45, 2.75) is 33.1 Å². The van der Waals surface area contributed by atoms with E-state index in [0.29, 0.717) is 5.92 Å². The molecule has 2 unspecified atom stereocenters. The summed E-state index contributed by atoms with van der Waals surface area (Å²) >= 11 is 0. The van der Waals surface area contributed by atoms with Gasteiger partial charge in [0.15, 0.2) is 0 Å². The van der Waals surface area contributed by atoms with Gasteiger partial charge >= 0.3 is 0 Å². The van der Waals surface area contributed by atoms with Crippen LogP contribution in [0.3, 0.4) is 0 Å². The van der Waals surface area contributed by atoms with E-state index in [4.69, 9.17) is 5.73 Å². The van der Waals surface area contributed by atoms with Crippen molar-refractivity contribution in [2.24, 2.45) is 23.5 Å². The molecule has 1 heterocycles. The molecule has 82 valence electrons. The molecule has 3 nitrogen and oxygen atoms in total. The number of hydrogen-bond acceptors (Lipinski definition) is 2. The van der Waals surface area contributed by atoms with Crippen molar-refractivity contribution in [1.29, 1.82) is 0 Å². The predicted octanol–water partition coefficient (Wildman–Crippen LogP) is 1.13. The molecule has 0 aromatic heterocycles. The highest BCUT2D eigenvalue weighted by atomic mass is 16.1. The first-order valence-electron chi connectivity index (χ1n) is 5.61. The molecular formula is C11H22N2O. The number of hydrogen-bond donors (Lipinski definition) is 2. The van der Waals surface area contributed by atoms with Crippen molar-refractivity contribution in [1.82, 2.24) is 5.32 Å². The van der Waals surface area contributed by atoms with Gasteiger partial charge in [0, 0.05) is 6.54 Å². The van der Waals surface area contributed by atoms with E-state index in [2.05, 4.69) is 19.2 Å². The number of nitrogens with one attached hydrogen (secondary N) is 1. The second-order valence-electron chi connectivity index (χ2n) is 4.73. The van der Waals surface area contributed by atoms with Gasteiger partial charge in [-0.3, -0.25) is 4.79 Å². The summed E-state index contributed by atoms with van der Waals surface area (Å²) in [5.41, 5.74) is 5.39. The molecule has 3 heteroatoms. The van der Waals surface area contributed by atoms with Gasteiger partial charge in [0.05, 0.1) is 5.92 Å². The van der Waals surface area contributed by atoms with Crippen molar-refractivity contribution in [2.75, 3.05) is 13.1 Å². The van der Waals surface area contributed by atoms with E-state index in [1.165, 1.54) is 6.42 Å². The lowest BCUT2D eigenvalue weighted by Gasteiger charge is -2.30. The molecule has 0 aromatic rings. The molecule has 0 aliphatic carbocycles. The number of primary amides is 1. The third kappa shape index (κ3) is 3.29. The molecule has 3 N–H and O–H groups in total. The molecule has 1 aliphatic rings. The van der Waals surface area contributed by atoms with Gasteiger partial charge in [0.1, 0.15) is 0 Å². The van der Waals surface area contributed by atoms with Gasteiger partial charge in [-0.2, -0.15) is 0 Å². The van der Waals surface area contributed by atoms with E-state index >= 15 is 0 Å². The van der Waals surface area contributed by atoms with Crippen LogP contribution < -0.4 is 11.1 Å². The smallest absolute Gasteiger partial charge is 0.222 e. The standard InChI is InChI=1S/C11H22N2O/c1-8(2)3-4-9-5-6-13-7-10(9)11(12)14/h8-10,13H,3-7H2,1-2H3,(H2,12,14). The minimum Gasteiger partial charge on any atom is -0.369 e. The lowest BCUT2D eigenvalue weighted by atomic mass is 9.81. The fourth-order valence-electron chi connectivity index (χ4n) is 2.14. The van der Waals surface area contributed by atoms with Crippen LogP contribution >= 0.6 is 0 Å². The van der Waals surface area contributed by atoms with Gasteiger partial charge in [-0.25, -0.2) is 0 Å². The van der Waals surface area contributed by atoms with E-state index in [9.17, 15) is 4.79 Å². The zero-order chi connectivity index (χ0) is 10.6. The van der Waals surface area contributed by atoms with E-state index < -0.39 is 0 Å². The summed E-state index contributed by atoms with van der Waals surface area (Å²) < 4.78 is 0. The van der Waals surface area contributed by atoms with Crippen molar-refractivity contribution in [3.63, 3.8) is 0 Å². The van der Waals surface area contributed by atoms with Gasteiger partial charge in [0.2, 0.25) is 5.91 Å². The Bertz CT molecular complexity index is 192. The number of rotatable bonds is 4. The Hall–Kier alpha value is -0.570. The summed E-state index contributed by atoms with van der Waals surface area (Å²) in [6.45, 7) is 6.26. The number of amides is 1. The lowest BCUT2D eigenvalue weighted by molar-refractivity contribution is -0.124. The summed E-state index contributed by atoms with van der Waals surface area (Å²) in [4.78, 5) is 11.2. The fourth-order valence-corrected chi connectivity index (χ4v) is 2.14. The predicted molar refractivity (Wildman–Crippen MR) is 57.7 cm³/mol. The first-order chi connectivity index (χ1) is 6.61. The summed E-state index contributed by atoms with van der Waals surface area (Å²) in [5, 5.41) is 3.23. The second-order valence-corrected chi connectivity index (χ2v) is 4.73. The molecule has 1 rings (SSSR count). The molecule has 1 amide bonds. The van der Waals surface area contributed by atoms with Crippen LogP contribution in [0.2, 0.25) is 0 Å². The van der Waals surface area contributed by atoms with Crippen LogP contribution in [0.25, 0.3) is 0 Å². The molecule has 0 bridgehead atoms. The van der Waals surface area contributed by atoms with Gasteiger partial charge in [-0.1, -0.05) is 20.3 Å². The molecule has 1 fully saturated rings. The zero-order valence-corrected chi connectivity index (χ0v) is 9.25. The Morgan fingerprint density at radius 2 is 2.29 bits per heavy atom. The van der Waals surface area contributed by atoms with Crippen LogP contribution in [-0.2, 0) is 4.79 Å². The summed E-state index contributed by atoms with van der Waals surface area (Å²) in [6, 6.07) is 0. The zero-order valence-electron chi connectivity index (χ0n) is 9.25. The van der Waals surface area contributed by atoms with Crippen molar-refractivity contribution < 1.29 is 4.79 Å². The monoisotopic (exact) mass is 198 g/mol. The van der Waals surface area contributed by atoms with Crippen LogP contribution in [0.1, 0.15) is 33.1 Å². The van der Waals surface area contributed by atoms with E-state index in [1.807, 2.05) is 0 Å². The molecule has 0 spiro atoms. The van der Waals surface area contributed by atoms with Crippen LogP contribution in [0.4, 0.5) is 0 Å². The Morgan fingerprint density at radius 3 is 2.86 bits per heavy atom. The van der Waals surface area contributed by atoms with Crippen LogP contribution in [0, 0.1) is 17.8 Å². The maximum atomic E-state index is 11.2. The Labute approximate surface area is 86.4 Å². The normalized spacial score (nSPS) is 27.9. The van der Waals surface area contributed by atoms with Crippen molar-refractivity contribution in [3.05, 3.63) is 0 Å². The average molecular weight is 198 g/mol. The van der Waals surface area contributed by atoms with Crippen LogP contribution in [0.15, 0.2) is 0 Å². The third-order valence-corrected chi connectivity index (χ3v) is 3.11. The molecule has 1 saturated heterocycles. The van der Waals surface area contributed by atoms with Crippen molar-refractivity contribution >= 4 is 5.91 Å². The van der Waals surface area contributed by atoms with E-state index in [1.54, 1.807) is 0 Å². The number of piperidine rings is 1. The maximum absolute atomic E-state index is 11.2. The molecular weight excluding hydrogens is 176 g/mol. The molecule has 0 saturated carbocycles. The van der Waals surface area contributed by atoms with Crippen molar-refractivity contribution in [3.8, 4) is 0 Å². The maximum Gasteiger partial charge on any atom is 0.222 e. The molecule has 2 atom stereocenters. The van der Waals surface area contributed by atoms with E-state index in [0.717, 1.165) is 31.8 Å². The van der Waals surface area contributed by atoms with Crippen LogP contribution in [-0.4, -0.2) is 19.0 Å². The highest BCUT2D eigenvalue weighted by molar-refractivity contribution is 5.77.